The number of hydrogen-bond acceptors (Lipinski definition) is 4. The standard InChI is InChI=1S/C10H18F3N3O2/c1-8(2,7(17)15-14)5-16-4-3-9(18,6-16)10(11,12)13/h18H,3-6,14H2,1-2H3,(H,15,17). The van der Waals surface area contributed by atoms with Crippen molar-refractivity contribution in [2.24, 2.45) is 11.3 Å². The van der Waals surface area contributed by atoms with Crippen molar-refractivity contribution < 1.29 is 23.1 Å². The lowest BCUT2D eigenvalue weighted by Gasteiger charge is -2.30. The van der Waals surface area contributed by atoms with Gasteiger partial charge >= 0.3 is 6.18 Å². The average molecular weight is 269 g/mol. The second kappa shape index (κ2) is 4.67. The Morgan fingerprint density at radius 2 is 2.06 bits per heavy atom. The molecule has 1 rings (SSSR count). The zero-order valence-electron chi connectivity index (χ0n) is 10.3. The van der Waals surface area contributed by atoms with Gasteiger partial charge in [0.15, 0.2) is 5.60 Å². The monoisotopic (exact) mass is 269 g/mol. The molecule has 0 bridgehead atoms. The van der Waals surface area contributed by atoms with Crippen LogP contribution in [0.15, 0.2) is 0 Å². The molecule has 0 aromatic heterocycles. The summed E-state index contributed by atoms with van der Waals surface area (Å²) in [5, 5.41) is 9.50. The summed E-state index contributed by atoms with van der Waals surface area (Å²) in [7, 11) is 0. The van der Waals surface area contributed by atoms with Gasteiger partial charge in [0.05, 0.1) is 5.41 Å². The molecule has 4 N–H and O–H groups in total. The van der Waals surface area contributed by atoms with Gasteiger partial charge in [-0.3, -0.25) is 15.1 Å². The molecule has 0 aromatic carbocycles. The Kier molecular flexibility index (Phi) is 3.94. The minimum atomic E-state index is -4.65. The minimum absolute atomic E-state index is 0.0945. The third-order valence-corrected chi connectivity index (χ3v) is 3.22. The van der Waals surface area contributed by atoms with E-state index in [4.69, 9.17) is 5.84 Å². The van der Waals surface area contributed by atoms with E-state index in [0.717, 1.165) is 0 Å². The molecule has 1 heterocycles. The summed E-state index contributed by atoms with van der Waals surface area (Å²) < 4.78 is 37.8. The first-order valence-electron chi connectivity index (χ1n) is 5.54. The fourth-order valence-corrected chi connectivity index (χ4v) is 2.06. The molecule has 1 atom stereocenters. The molecule has 1 fully saturated rings. The SMILES string of the molecule is CC(C)(CN1CCC(O)(C(F)(F)F)C1)C(=O)NN. The number of likely N-dealkylation sites (tertiary alicyclic amines) is 1. The van der Waals surface area contributed by atoms with Crippen LogP contribution >= 0.6 is 0 Å². The number of rotatable bonds is 3. The third kappa shape index (κ3) is 2.93. The number of carbonyl (C=O) groups excluding carboxylic acids is 1. The molecule has 0 aromatic rings. The van der Waals surface area contributed by atoms with Gasteiger partial charge < -0.3 is 5.11 Å². The molecule has 0 radical (unpaired) electrons. The predicted molar refractivity (Wildman–Crippen MR) is 58.2 cm³/mol. The molecule has 1 unspecified atom stereocenters. The van der Waals surface area contributed by atoms with Crippen LogP contribution in [0.1, 0.15) is 20.3 Å². The van der Waals surface area contributed by atoms with Gasteiger partial charge in [0.25, 0.3) is 0 Å². The third-order valence-electron chi connectivity index (χ3n) is 3.22. The number of aliphatic hydroxyl groups is 1. The van der Waals surface area contributed by atoms with E-state index < -0.39 is 29.6 Å². The topological polar surface area (TPSA) is 78.6 Å². The maximum absolute atomic E-state index is 12.6. The molecule has 0 aliphatic carbocycles. The number of β-amino-alcohol motifs (C(OH)–C–C–N with tert-alkyl or cyclic N) is 1. The highest BCUT2D eigenvalue weighted by Gasteiger charge is 2.57. The number of amides is 1. The molecule has 106 valence electrons. The predicted octanol–water partition coefficient (Wildman–Crippen LogP) is 0.00160. The summed E-state index contributed by atoms with van der Waals surface area (Å²) in [5.41, 5.74) is -1.61. The molecule has 1 amide bonds. The maximum atomic E-state index is 12.6. The van der Waals surface area contributed by atoms with Crippen molar-refractivity contribution >= 4 is 5.91 Å². The van der Waals surface area contributed by atoms with Crippen molar-refractivity contribution in [3.05, 3.63) is 0 Å². The fraction of sp³-hybridized carbons (Fsp3) is 0.900. The van der Waals surface area contributed by atoms with Gasteiger partial charge in [-0.25, -0.2) is 5.84 Å². The van der Waals surface area contributed by atoms with Crippen molar-refractivity contribution in [2.75, 3.05) is 19.6 Å². The Bertz CT molecular complexity index is 333. The van der Waals surface area contributed by atoms with E-state index in [9.17, 15) is 23.1 Å². The summed E-state index contributed by atoms with van der Waals surface area (Å²) in [6, 6.07) is 0. The van der Waals surface area contributed by atoms with Crippen LogP contribution in [0.4, 0.5) is 13.2 Å². The molecule has 0 saturated carbocycles. The zero-order valence-corrected chi connectivity index (χ0v) is 10.3. The van der Waals surface area contributed by atoms with Crippen LogP contribution in [0.3, 0.4) is 0 Å². The quantitative estimate of drug-likeness (QED) is 0.383. The van der Waals surface area contributed by atoms with Crippen molar-refractivity contribution in [1.29, 1.82) is 0 Å². The first-order valence-corrected chi connectivity index (χ1v) is 5.54. The Morgan fingerprint density at radius 1 is 1.50 bits per heavy atom. The van der Waals surface area contributed by atoms with E-state index in [1.54, 1.807) is 13.8 Å². The molecule has 18 heavy (non-hydrogen) atoms. The Labute approximate surface area is 103 Å². The smallest absolute Gasteiger partial charge is 0.379 e. The molecule has 1 aliphatic heterocycles. The van der Waals surface area contributed by atoms with Crippen LogP contribution in [-0.2, 0) is 4.79 Å². The minimum Gasteiger partial charge on any atom is -0.379 e. The van der Waals surface area contributed by atoms with Gasteiger partial charge in [0, 0.05) is 19.6 Å². The number of halogens is 3. The summed E-state index contributed by atoms with van der Waals surface area (Å²) in [5.74, 6) is 4.55. The number of alkyl halides is 3. The Morgan fingerprint density at radius 3 is 2.44 bits per heavy atom. The van der Waals surface area contributed by atoms with Gasteiger partial charge in [-0.15, -0.1) is 0 Å². The summed E-state index contributed by atoms with van der Waals surface area (Å²) in [4.78, 5) is 12.9. The highest BCUT2D eigenvalue weighted by molar-refractivity contribution is 5.81. The molecule has 0 spiro atoms. The first-order chi connectivity index (χ1) is 8.02. The van der Waals surface area contributed by atoms with Crippen molar-refractivity contribution in [3.63, 3.8) is 0 Å². The molecule has 1 saturated heterocycles. The summed E-state index contributed by atoms with van der Waals surface area (Å²) >= 11 is 0. The second-order valence-electron chi connectivity index (χ2n) is 5.35. The fourth-order valence-electron chi connectivity index (χ4n) is 2.06. The lowest BCUT2D eigenvalue weighted by molar-refractivity contribution is -0.254. The van der Waals surface area contributed by atoms with Crippen molar-refractivity contribution in [3.8, 4) is 0 Å². The van der Waals surface area contributed by atoms with Gasteiger partial charge in [0.1, 0.15) is 0 Å². The molecular weight excluding hydrogens is 251 g/mol. The molecule has 1 aliphatic rings. The highest BCUT2D eigenvalue weighted by Crippen LogP contribution is 2.38. The van der Waals surface area contributed by atoms with E-state index in [1.165, 1.54) is 4.90 Å². The normalized spacial score (nSPS) is 26.4. The number of nitrogens with two attached hydrogens (primary N) is 1. The second-order valence-corrected chi connectivity index (χ2v) is 5.35. The van der Waals surface area contributed by atoms with Crippen molar-refractivity contribution in [1.82, 2.24) is 10.3 Å². The van der Waals surface area contributed by atoms with Gasteiger partial charge in [0.2, 0.25) is 5.91 Å². The molecule has 5 nitrogen and oxygen atoms in total. The van der Waals surface area contributed by atoms with E-state index in [1.807, 2.05) is 5.43 Å². The Balaban J connectivity index is 2.67. The maximum Gasteiger partial charge on any atom is 0.418 e. The van der Waals surface area contributed by atoms with Gasteiger partial charge in [-0.2, -0.15) is 13.2 Å². The van der Waals surface area contributed by atoms with E-state index in [-0.39, 0.29) is 19.5 Å². The highest BCUT2D eigenvalue weighted by atomic mass is 19.4. The van der Waals surface area contributed by atoms with Crippen LogP contribution in [0.5, 0.6) is 0 Å². The molecular formula is C10H18F3N3O2. The van der Waals surface area contributed by atoms with Gasteiger partial charge in [-0.1, -0.05) is 0 Å². The van der Waals surface area contributed by atoms with Crippen LogP contribution in [0, 0.1) is 5.41 Å². The van der Waals surface area contributed by atoms with Gasteiger partial charge in [-0.05, 0) is 20.3 Å². The lowest BCUT2D eigenvalue weighted by atomic mass is 9.92. The van der Waals surface area contributed by atoms with E-state index in [2.05, 4.69) is 0 Å². The zero-order chi connectivity index (χ0) is 14.2. The summed E-state index contributed by atoms with van der Waals surface area (Å²) in [6.07, 6.45) is -5.03. The lowest BCUT2D eigenvalue weighted by Crippen LogP contribution is -2.50. The van der Waals surface area contributed by atoms with E-state index >= 15 is 0 Å². The van der Waals surface area contributed by atoms with Crippen LogP contribution in [0.2, 0.25) is 0 Å². The molecule has 8 heteroatoms. The van der Waals surface area contributed by atoms with Crippen LogP contribution in [0.25, 0.3) is 0 Å². The number of nitrogens with zero attached hydrogens (tertiary/aromatic N) is 1. The van der Waals surface area contributed by atoms with Crippen molar-refractivity contribution in [2.45, 2.75) is 32.0 Å². The number of hydrazine groups is 1. The average Bonchev–Trinajstić information content (AvgIpc) is 2.58. The van der Waals surface area contributed by atoms with E-state index in [0.29, 0.717) is 0 Å². The number of nitrogens with one attached hydrogen (secondary N) is 1. The Hall–Kier alpha value is -0.860. The number of hydrogen-bond donors (Lipinski definition) is 3. The van der Waals surface area contributed by atoms with Crippen LogP contribution in [-0.4, -0.2) is 47.3 Å². The van der Waals surface area contributed by atoms with Crippen LogP contribution < -0.4 is 11.3 Å². The number of carbonyl (C=O) groups is 1. The largest absolute Gasteiger partial charge is 0.418 e. The first kappa shape index (κ1) is 15.2. The summed E-state index contributed by atoms with van der Waals surface area (Å²) in [6.45, 7) is 2.85.